The molecule has 9 nitrogen and oxygen atoms in total. The number of carbonyl (C=O) groups is 1. The van der Waals surface area contributed by atoms with Gasteiger partial charge in [-0.15, -0.1) is 0 Å². The Hall–Kier alpha value is -3.19. The van der Waals surface area contributed by atoms with Crippen molar-refractivity contribution in [3.63, 3.8) is 0 Å². The third-order valence-corrected chi connectivity index (χ3v) is 7.37. The number of rotatable bonds is 3. The average Bonchev–Trinajstić information content (AvgIpc) is 3.15. The molecule has 0 radical (unpaired) electrons. The number of hydrogen-bond acceptors (Lipinski definition) is 6. The van der Waals surface area contributed by atoms with Crippen LogP contribution in [0.2, 0.25) is 0 Å². The lowest BCUT2D eigenvalue weighted by molar-refractivity contribution is -0.173. The van der Waals surface area contributed by atoms with Crippen molar-refractivity contribution in [1.29, 1.82) is 0 Å². The first kappa shape index (κ1) is 22.6. The molecule has 0 saturated heterocycles. The predicted molar refractivity (Wildman–Crippen MR) is 117 cm³/mol. The molecule has 3 heterocycles. The summed E-state index contributed by atoms with van der Waals surface area (Å²) in [5, 5.41) is 10.6. The van der Waals surface area contributed by atoms with Gasteiger partial charge in [-0.3, -0.25) is 4.79 Å². The Bertz CT molecular complexity index is 1380. The number of nitrogens with one attached hydrogen (secondary N) is 2. The van der Waals surface area contributed by atoms with Crippen LogP contribution in [0.3, 0.4) is 0 Å². The predicted octanol–water partition coefficient (Wildman–Crippen LogP) is 3.21. The molecule has 1 aromatic carbocycles. The van der Waals surface area contributed by atoms with Crippen LogP contribution < -0.4 is 15.8 Å². The Kier molecular flexibility index (Phi) is 5.09. The minimum atomic E-state index is -4.67. The minimum Gasteiger partial charge on any atom is -0.338 e. The maximum Gasteiger partial charge on any atom is 0.414 e. The van der Waals surface area contributed by atoms with Crippen LogP contribution in [-0.2, 0) is 20.4 Å². The second-order valence-electron chi connectivity index (χ2n) is 8.61. The lowest BCUT2D eigenvalue weighted by Gasteiger charge is -2.44. The SMILES string of the molecule is NS(=O)(=O)c1ccc(Nc2ncc3cc4n(c3n2)C2(CCCCC2)C(=O)NC4C(F)(F)F)cc1. The number of primary sulfonamides is 1. The van der Waals surface area contributed by atoms with Crippen LogP contribution in [0.1, 0.15) is 43.8 Å². The number of fused-ring (bicyclic) bond motifs is 4. The van der Waals surface area contributed by atoms with E-state index >= 15 is 0 Å². The summed E-state index contributed by atoms with van der Waals surface area (Å²) in [5.74, 6) is -0.552. The summed E-state index contributed by atoms with van der Waals surface area (Å²) in [5.41, 5.74) is -0.511. The number of hydrogen-bond donors (Lipinski definition) is 3. The number of nitrogens with two attached hydrogens (primary N) is 1. The number of amides is 1. The highest BCUT2D eigenvalue weighted by Crippen LogP contribution is 2.47. The van der Waals surface area contributed by atoms with E-state index in [2.05, 4.69) is 20.6 Å². The Balaban J connectivity index is 1.61. The zero-order valence-corrected chi connectivity index (χ0v) is 18.6. The fraction of sp³-hybridized carbons (Fsp3) is 0.381. The standard InChI is InChI=1S/C21H21F3N6O3S/c22-21(23,24)16-15-10-12-11-26-19(27-13-4-6-14(7-5-13)34(25,32)33)29-17(12)30(15)20(18(31)28-16)8-2-1-3-9-20/h4-7,10-11,16H,1-3,8-9H2,(H,28,31)(H2,25,32,33)(H,26,27,29). The molecule has 1 amide bonds. The molecule has 1 saturated carbocycles. The first-order valence-corrected chi connectivity index (χ1v) is 12.2. The molecule has 180 valence electrons. The van der Waals surface area contributed by atoms with E-state index in [4.69, 9.17) is 5.14 Å². The van der Waals surface area contributed by atoms with Gasteiger partial charge in [0.15, 0.2) is 6.04 Å². The topological polar surface area (TPSA) is 132 Å². The molecule has 1 aliphatic carbocycles. The van der Waals surface area contributed by atoms with Crippen LogP contribution in [0.25, 0.3) is 11.0 Å². The van der Waals surface area contributed by atoms with Crippen molar-refractivity contribution < 1.29 is 26.4 Å². The van der Waals surface area contributed by atoms with Gasteiger partial charge in [0.05, 0.1) is 10.6 Å². The summed E-state index contributed by atoms with van der Waals surface area (Å²) in [6.45, 7) is 0. The maximum absolute atomic E-state index is 13.8. The van der Waals surface area contributed by atoms with Gasteiger partial charge in [0, 0.05) is 17.3 Å². The van der Waals surface area contributed by atoms with E-state index in [1.807, 2.05) is 0 Å². The summed E-state index contributed by atoms with van der Waals surface area (Å²) >= 11 is 0. The number of nitrogens with zero attached hydrogens (tertiary/aromatic N) is 3. The smallest absolute Gasteiger partial charge is 0.338 e. The molecule has 13 heteroatoms. The number of alkyl halides is 3. The van der Waals surface area contributed by atoms with E-state index in [9.17, 15) is 26.4 Å². The van der Waals surface area contributed by atoms with E-state index in [1.54, 1.807) is 0 Å². The Morgan fingerprint density at radius 1 is 1.15 bits per heavy atom. The highest BCUT2D eigenvalue weighted by molar-refractivity contribution is 7.89. The van der Waals surface area contributed by atoms with Gasteiger partial charge in [-0.05, 0) is 43.2 Å². The fourth-order valence-electron chi connectivity index (χ4n) is 4.87. The van der Waals surface area contributed by atoms with Crippen molar-refractivity contribution in [2.75, 3.05) is 5.32 Å². The second kappa shape index (κ2) is 7.67. The summed E-state index contributed by atoms with van der Waals surface area (Å²) < 4.78 is 65.8. The summed E-state index contributed by atoms with van der Waals surface area (Å²) in [7, 11) is -3.85. The molecule has 1 spiro atoms. The molecular formula is C21H21F3N6O3S. The van der Waals surface area contributed by atoms with Crippen LogP contribution in [0.4, 0.5) is 24.8 Å². The quantitative estimate of drug-likeness (QED) is 0.512. The van der Waals surface area contributed by atoms with Crippen LogP contribution in [-0.4, -0.2) is 35.0 Å². The van der Waals surface area contributed by atoms with Gasteiger partial charge in [-0.2, -0.15) is 18.2 Å². The first-order valence-electron chi connectivity index (χ1n) is 10.7. The third-order valence-electron chi connectivity index (χ3n) is 6.44. The molecule has 2 aromatic heterocycles. The normalized spacial score (nSPS) is 20.2. The van der Waals surface area contributed by atoms with Crippen molar-refractivity contribution >= 4 is 38.6 Å². The lowest BCUT2D eigenvalue weighted by Crippen LogP contribution is -2.58. The van der Waals surface area contributed by atoms with E-state index in [-0.39, 0.29) is 22.2 Å². The molecule has 3 aromatic rings. The van der Waals surface area contributed by atoms with Crippen LogP contribution in [0, 0.1) is 0 Å². The highest BCUT2D eigenvalue weighted by Gasteiger charge is 2.54. The van der Waals surface area contributed by atoms with Crippen molar-refractivity contribution in [3.05, 3.63) is 42.2 Å². The molecule has 4 N–H and O–H groups in total. The van der Waals surface area contributed by atoms with Gasteiger partial charge in [-0.25, -0.2) is 18.5 Å². The van der Waals surface area contributed by atoms with E-state index in [1.165, 1.54) is 41.1 Å². The second-order valence-corrected chi connectivity index (χ2v) is 10.2. The zero-order chi connectivity index (χ0) is 24.3. The first-order chi connectivity index (χ1) is 16.0. The van der Waals surface area contributed by atoms with E-state index in [0.717, 1.165) is 19.3 Å². The van der Waals surface area contributed by atoms with E-state index < -0.39 is 33.7 Å². The van der Waals surface area contributed by atoms with Gasteiger partial charge in [0.2, 0.25) is 21.9 Å². The Morgan fingerprint density at radius 3 is 2.44 bits per heavy atom. The number of benzene rings is 1. The molecule has 1 atom stereocenters. The number of anilines is 2. The third kappa shape index (κ3) is 3.68. The van der Waals surface area contributed by atoms with Crippen molar-refractivity contribution in [2.45, 2.75) is 54.8 Å². The van der Waals surface area contributed by atoms with Crippen molar-refractivity contribution in [1.82, 2.24) is 19.9 Å². The molecule has 0 bridgehead atoms. The molecule has 5 rings (SSSR count). The summed E-state index contributed by atoms with van der Waals surface area (Å²) in [6.07, 6.45) is -0.0844. The molecule has 1 unspecified atom stereocenters. The number of aromatic nitrogens is 3. The summed E-state index contributed by atoms with van der Waals surface area (Å²) in [4.78, 5) is 21.7. The molecular weight excluding hydrogens is 473 g/mol. The Labute approximate surface area is 192 Å². The van der Waals surface area contributed by atoms with Crippen LogP contribution >= 0.6 is 0 Å². The van der Waals surface area contributed by atoms with Gasteiger partial charge >= 0.3 is 6.18 Å². The number of carbonyl (C=O) groups excluding carboxylic acids is 1. The fourth-order valence-corrected chi connectivity index (χ4v) is 5.38. The van der Waals surface area contributed by atoms with Crippen LogP contribution in [0.15, 0.2) is 41.4 Å². The molecule has 1 aliphatic heterocycles. The molecule has 2 aliphatic rings. The monoisotopic (exact) mass is 494 g/mol. The van der Waals surface area contributed by atoms with Crippen molar-refractivity contribution in [3.8, 4) is 0 Å². The van der Waals surface area contributed by atoms with Gasteiger partial charge in [0.1, 0.15) is 11.2 Å². The largest absolute Gasteiger partial charge is 0.414 e. The number of sulfonamides is 1. The minimum absolute atomic E-state index is 0.0621. The summed E-state index contributed by atoms with van der Waals surface area (Å²) in [6, 6.07) is 4.81. The molecule has 1 fully saturated rings. The maximum atomic E-state index is 13.8. The van der Waals surface area contributed by atoms with Crippen LogP contribution in [0.5, 0.6) is 0 Å². The Morgan fingerprint density at radius 2 is 1.82 bits per heavy atom. The van der Waals surface area contributed by atoms with Crippen molar-refractivity contribution in [2.24, 2.45) is 5.14 Å². The zero-order valence-electron chi connectivity index (χ0n) is 17.8. The van der Waals surface area contributed by atoms with E-state index in [0.29, 0.717) is 23.9 Å². The van der Waals surface area contributed by atoms with Gasteiger partial charge in [-0.1, -0.05) is 19.3 Å². The highest BCUT2D eigenvalue weighted by atomic mass is 32.2. The van der Waals surface area contributed by atoms with Gasteiger partial charge < -0.3 is 15.2 Å². The average molecular weight is 494 g/mol. The van der Waals surface area contributed by atoms with Gasteiger partial charge in [0.25, 0.3) is 0 Å². The number of halogens is 3. The molecule has 34 heavy (non-hydrogen) atoms. The lowest BCUT2D eigenvalue weighted by atomic mass is 9.78.